The number of methoxy groups -OCH3 is 1. The van der Waals surface area contributed by atoms with E-state index < -0.39 is 0 Å². The van der Waals surface area contributed by atoms with E-state index in [-0.39, 0.29) is 11.8 Å². The first kappa shape index (κ1) is 22.8. The van der Waals surface area contributed by atoms with Crippen molar-refractivity contribution in [1.82, 2.24) is 15.0 Å². The molecule has 0 spiro atoms. The maximum absolute atomic E-state index is 12.8. The Morgan fingerprint density at radius 3 is 2.79 bits per heavy atom. The third-order valence-corrected chi connectivity index (χ3v) is 5.98. The minimum Gasteiger partial charge on any atom is -0.497 e. The monoisotopic (exact) mass is 449 g/mol. The number of ether oxygens (including phenoxy) is 2. The van der Waals surface area contributed by atoms with Crippen LogP contribution >= 0.6 is 0 Å². The minimum absolute atomic E-state index is 0.0858. The largest absolute Gasteiger partial charge is 0.497 e. The summed E-state index contributed by atoms with van der Waals surface area (Å²) < 4.78 is 16.5. The van der Waals surface area contributed by atoms with Crippen LogP contribution in [-0.2, 0) is 17.6 Å². The number of benzene rings is 2. The molecule has 4 rings (SSSR count). The van der Waals surface area contributed by atoms with Crippen LogP contribution in [0.1, 0.15) is 48.0 Å². The highest BCUT2D eigenvalue weighted by Crippen LogP contribution is 2.26. The third kappa shape index (κ3) is 6.34. The molecule has 2 aromatic carbocycles. The standard InChI is InChI=1S/C26H31N3O4/c1-19-5-3-7-23(17-19)32-16-14-24-27-26(33-28-24)21-6-4-15-29(18-21)25(30)13-10-20-8-11-22(31-2)12-9-20/h3,5,7-9,11-12,17,21H,4,6,10,13-16,18H2,1-2H3. The fourth-order valence-corrected chi connectivity index (χ4v) is 4.11. The molecule has 7 heteroatoms. The zero-order valence-corrected chi connectivity index (χ0v) is 19.3. The molecular weight excluding hydrogens is 418 g/mol. The number of piperidine rings is 1. The van der Waals surface area contributed by atoms with E-state index in [1.165, 1.54) is 0 Å². The zero-order chi connectivity index (χ0) is 23.0. The zero-order valence-electron chi connectivity index (χ0n) is 19.3. The highest BCUT2D eigenvalue weighted by atomic mass is 16.5. The first-order chi connectivity index (χ1) is 16.1. The van der Waals surface area contributed by atoms with Crippen molar-refractivity contribution in [3.8, 4) is 11.5 Å². The first-order valence-electron chi connectivity index (χ1n) is 11.5. The Kier molecular flexibility index (Phi) is 7.60. The van der Waals surface area contributed by atoms with E-state index in [9.17, 15) is 4.79 Å². The molecule has 1 aromatic heterocycles. The summed E-state index contributed by atoms with van der Waals surface area (Å²) in [6.45, 7) is 3.94. The van der Waals surface area contributed by atoms with Gasteiger partial charge in [-0.3, -0.25) is 4.79 Å². The number of aromatic nitrogens is 2. The van der Waals surface area contributed by atoms with Gasteiger partial charge in [0.1, 0.15) is 11.5 Å². The van der Waals surface area contributed by atoms with Crippen LogP contribution in [-0.4, -0.2) is 47.8 Å². The lowest BCUT2D eigenvalue weighted by molar-refractivity contribution is -0.132. The second-order valence-corrected chi connectivity index (χ2v) is 8.49. The molecule has 2 heterocycles. The average molecular weight is 450 g/mol. The molecule has 33 heavy (non-hydrogen) atoms. The van der Waals surface area contributed by atoms with Crippen LogP contribution in [0.2, 0.25) is 0 Å². The number of amides is 1. The second kappa shape index (κ2) is 11.0. The molecule has 0 saturated carbocycles. The predicted molar refractivity (Wildman–Crippen MR) is 125 cm³/mol. The lowest BCUT2D eigenvalue weighted by atomic mass is 9.97. The average Bonchev–Trinajstić information content (AvgIpc) is 3.32. The van der Waals surface area contributed by atoms with Crippen molar-refractivity contribution < 1.29 is 18.8 Å². The van der Waals surface area contributed by atoms with Crippen molar-refractivity contribution in [3.05, 3.63) is 71.4 Å². The van der Waals surface area contributed by atoms with E-state index in [1.807, 2.05) is 60.4 Å². The molecule has 1 aliphatic heterocycles. The fourth-order valence-electron chi connectivity index (χ4n) is 4.11. The van der Waals surface area contributed by atoms with Gasteiger partial charge in [0.15, 0.2) is 5.82 Å². The molecule has 0 bridgehead atoms. The molecule has 1 amide bonds. The summed E-state index contributed by atoms with van der Waals surface area (Å²) in [6, 6.07) is 15.8. The van der Waals surface area contributed by atoms with Crippen molar-refractivity contribution in [2.24, 2.45) is 0 Å². The minimum atomic E-state index is 0.0858. The topological polar surface area (TPSA) is 77.7 Å². The van der Waals surface area contributed by atoms with Gasteiger partial charge in [0.25, 0.3) is 0 Å². The molecule has 7 nitrogen and oxygen atoms in total. The molecule has 1 saturated heterocycles. The maximum Gasteiger partial charge on any atom is 0.231 e. The van der Waals surface area contributed by atoms with E-state index in [4.69, 9.17) is 14.0 Å². The van der Waals surface area contributed by atoms with Gasteiger partial charge >= 0.3 is 0 Å². The lowest BCUT2D eigenvalue weighted by Crippen LogP contribution is -2.39. The Hall–Kier alpha value is -3.35. The van der Waals surface area contributed by atoms with Gasteiger partial charge in [-0.25, -0.2) is 0 Å². The van der Waals surface area contributed by atoms with E-state index in [2.05, 4.69) is 10.1 Å². The molecule has 3 aromatic rings. The van der Waals surface area contributed by atoms with Crippen molar-refractivity contribution in [1.29, 1.82) is 0 Å². The second-order valence-electron chi connectivity index (χ2n) is 8.49. The van der Waals surface area contributed by atoms with Crippen LogP contribution in [0.5, 0.6) is 11.5 Å². The van der Waals surface area contributed by atoms with Crippen molar-refractivity contribution >= 4 is 5.91 Å². The number of hydrogen-bond acceptors (Lipinski definition) is 6. The molecule has 174 valence electrons. The first-order valence-corrected chi connectivity index (χ1v) is 11.5. The van der Waals surface area contributed by atoms with Gasteiger partial charge in [-0.2, -0.15) is 4.98 Å². The molecule has 0 aliphatic carbocycles. The van der Waals surface area contributed by atoms with Crippen LogP contribution in [0.15, 0.2) is 53.1 Å². The Balaban J connectivity index is 1.25. The van der Waals surface area contributed by atoms with E-state index in [0.29, 0.717) is 37.7 Å². The van der Waals surface area contributed by atoms with E-state index in [1.54, 1.807) is 7.11 Å². The lowest BCUT2D eigenvalue weighted by Gasteiger charge is -2.31. The van der Waals surface area contributed by atoms with Gasteiger partial charge in [0.2, 0.25) is 11.8 Å². The number of likely N-dealkylation sites (tertiary alicyclic amines) is 1. The Labute approximate surface area is 194 Å². The number of carbonyl (C=O) groups excluding carboxylic acids is 1. The molecule has 1 aliphatic rings. The molecule has 1 atom stereocenters. The van der Waals surface area contributed by atoms with Crippen molar-refractivity contribution in [2.45, 2.75) is 44.9 Å². The van der Waals surface area contributed by atoms with Crippen molar-refractivity contribution in [2.75, 3.05) is 26.8 Å². The molecular formula is C26H31N3O4. The predicted octanol–water partition coefficient (Wildman–Crippen LogP) is 4.35. The molecule has 1 unspecified atom stereocenters. The fraction of sp³-hybridized carbons (Fsp3) is 0.423. The molecule has 0 radical (unpaired) electrons. The van der Waals surface area contributed by atoms with Crippen LogP contribution in [0.4, 0.5) is 0 Å². The number of nitrogens with zero attached hydrogens (tertiary/aromatic N) is 3. The van der Waals surface area contributed by atoms with Gasteiger partial charge < -0.3 is 18.9 Å². The molecule has 0 N–H and O–H groups in total. The normalized spacial score (nSPS) is 15.9. The highest BCUT2D eigenvalue weighted by molar-refractivity contribution is 5.76. The van der Waals surface area contributed by atoms with Gasteiger partial charge in [0, 0.05) is 25.9 Å². The Bertz CT molecular complexity index is 1050. The number of hydrogen-bond donors (Lipinski definition) is 0. The van der Waals surface area contributed by atoms with Crippen LogP contribution < -0.4 is 9.47 Å². The van der Waals surface area contributed by atoms with Gasteiger partial charge in [-0.1, -0.05) is 29.4 Å². The Morgan fingerprint density at radius 1 is 1.15 bits per heavy atom. The summed E-state index contributed by atoms with van der Waals surface area (Å²) in [6.07, 6.45) is 3.67. The molecule has 1 fully saturated rings. The quantitative estimate of drug-likeness (QED) is 0.483. The van der Waals surface area contributed by atoms with E-state index >= 15 is 0 Å². The van der Waals surface area contributed by atoms with Crippen LogP contribution in [0.3, 0.4) is 0 Å². The summed E-state index contributed by atoms with van der Waals surface area (Å²) >= 11 is 0. The van der Waals surface area contributed by atoms with Crippen LogP contribution in [0.25, 0.3) is 0 Å². The maximum atomic E-state index is 12.8. The summed E-state index contributed by atoms with van der Waals surface area (Å²) in [5, 5.41) is 4.12. The number of carbonyl (C=O) groups is 1. The number of rotatable bonds is 9. The summed E-state index contributed by atoms with van der Waals surface area (Å²) in [5.41, 5.74) is 2.29. The SMILES string of the molecule is COc1ccc(CCC(=O)N2CCCC(c3nc(CCOc4cccc(C)c4)no3)C2)cc1. The smallest absolute Gasteiger partial charge is 0.231 e. The summed E-state index contributed by atoms with van der Waals surface area (Å²) in [7, 11) is 1.65. The highest BCUT2D eigenvalue weighted by Gasteiger charge is 2.28. The Morgan fingerprint density at radius 2 is 2.00 bits per heavy atom. The van der Waals surface area contributed by atoms with E-state index in [0.717, 1.165) is 48.4 Å². The van der Waals surface area contributed by atoms with Gasteiger partial charge in [0.05, 0.1) is 19.6 Å². The van der Waals surface area contributed by atoms with Crippen LogP contribution in [0, 0.1) is 6.92 Å². The summed E-state index contributed by atoms with van der Waals surface area (Å²) in [5.74, 6) is 3.18. The number of aryl methyl sites for hydroxylation is 2. The third-order valence-electron chi connectivity index (χ3n) is 5.98. The summed E-state index contributed by atoms with van der Waals surface area (Å²) in [4.78, 5) is 19.3. The van der Waals surface area contributed by atoms with Gasteiger partial charge in [-0.05, 0) is 61.6 Å². The van der Waals surface area contributed by atoms with Gasteiger partial charge in [-0.15, -0.1) is 0 Å². The van der Waals surface area contributed by atoms with Crippen molar-refractivity contribution in [3.63, 3.8) is 0 Å².